The molecule has 4 nitrogen and oxygen atoms in total. The zero-order valence-corrected chi connectivity index (χ0v) is 10.9. The van der Waals surface area contributed by atoms with E-state index in [1.807, 2.05) is 7.05 Å². The quantitative estimate of drug-likeness (QED) is 0.806. The van der Waals surface area contributed by atoms with Crippen molar-refractivity contribution in [2.75, 3.05) is 18.5 Å². The highest BCUT2D eigenvalue weighted by Gasteiger charge is 2.17. The van der Waals surface area contributed by atoms with Crippen LogP contribution in [0.4, 0.5) is 6.01 Å². The molecule has 0 aliphatic heterocycles. The molecule has 0 aliphatic carbocycles. The average Bonchev–Trinajstić information content (AvgIpc) is 2.72. The SMILES string of the molecule is CCNCc1coc(N(C)C(C)C(C)C)n1. The van der Waals surface area contributed by atoms with E-state index >= 15 is 0 Å². The molecule has 1 aromatic rings. The third-order valence-electron chi connectivity index (χ3n) is 2.97. The second kappa shape index (κ2) is 5.89. The molecular formula is C12H23N3O. The highest BCUT2D eigenvalue weighted by atomic mass is 16.4. The van der Waals surface area contributed by atoms with Crippen molar-refractivity contribution in [2.45, 2.75) is 40.3 Å². The average molecular weight is 225 g/mol. The van der Waals surface area contributed by atoms with Crippen molar-refractivity contribution in [1.82, 2.24) is 10.3 Å². The molecular weight excluding hydrogens is 202 g/mol. The molecule has 0 fully saturated rings. The molecule has 4 heteroatoms. The van der Waals surface area contributed by atoms with Gasteiger partial charge in [0, 0.05) is 19.6 Å². The molecule has 1 atom stereocenters. The van der Waals surface area contributed by atoms with E-state index < -0.39 is 0 Å². The first-order chi connectivity index (χ1) is 7.56. The van der Waals surface area contributed by atoms with Gasteiger partial charge >= 0.3 is 0 Å². The fourth-order valence-corrected chi connectivity index (χ4v) is 1.41. The smallest absolute Gasteiger partial charge is 0.297 e. The molecule has 0 saturated carbocycles. The summed E-state index contributed by atoms with van der Waals surface area (Å²) in [5, 5.41) is 3.23. The van der Waals surface area contributed by atoms with Crippen LogP contribution in [-0.4, -0.2) is 24.6 Å². The largest absolute Gasteiger partial charge is 0.432 e. The van der Waals surface area contributed by atoms with E-state index in [2.05, 4.69) is 42.9 Å². The molecule has 1 heterocycles. The molecule has 92 valence electrons. The number of nitrogens with one attached hydrogen (secondary N) is 1. The highest BCUT2D eigenvalue weighted by molar-refractivity contribution is 5.27. The summed E-state index contributed by atoms with van der Waals surface area (Å²) in [6.45, 7) is 10.4. The molecule has 0 spiro atoms. The molecule has 0 aromatic carbocycles. The molecule has 0 aliphatic rings. The molecule has 0 bridgehead atoms. The molecule has 0 radical (unpaired) electrons. The summed E-state index contributed by atoms with van der Waals surface area (Å²) in [6, 6.07) is 1.12. The lowest BCUT2D eigenvalue weighted by molar-refractivity contribution is 0.457. The Morgan fingerprint density at radius 1 is 1.44 bits per heavy atom. The monoisotopic (exact) mass is 225 g/mol. The van der Waals surface area contributed by atoms with Crippen molar-refractivity contribution in [3.05, 3.63) is 12.0 Å². The number of hydrogen-bond donors (Lipinski definition) is 1. The lowest BCUT2D eigenvalue weighted by Gasteiger charge is -2.26. The van der Waals surface area contributed by atoms with Crippen molar-refractivity contribution < 1.29 is 4.42 Å². The molecule has 1 rings (SSSR count). The van der Waals surface area contributed by atoms with E-state index in [4.69, 9.17) is 4.42 Å². The molecule has 0 amide bonds. The minimum absolute atomic E-state index is 0.422. The van der Waals surface area contributed by atoms with Crippen LogP contribution in [0.5, 0.6) is 0 Å². The van der Waals surface area contributed by atoms with Crippen LogP contribution in [0.2, 0.25) is 0 Å². The van der Waals surface area contributed by atoms with Gasteiger partial charge < -0.3 is 14.6 Å². The van der Waals surface area contributed by atoms with Gasteiger partial charge in [-0.2, -0.15) is 4.98 Å². The van der Waals surface area contributed by atoms with Crippen molar-refractivity contribution in [2.24, 2.45) is 5.92 Å². The summed E-state index contributed by atoms with van der Waals surface area (Å²) < 4.78 is 5.47. The van der Waals surface area contributed by atoms with Crippen LogP contribution in [-0.2, 0) is 6.54 Å². The van der Waals surface area contributed by atoms with Crippen LogP contribution in [0.15, 0.2) is 10.7 Å². The molecule has 1 aromatic heterocycles. The maximum Gasteiger partial charge on any atom is 0.297 e. The van der Waals surface area contributed by atoms with Gasteiger partial charge in [0.05, 0.1) is 5.69 Å². The van der Waals surface area contributed by atoms with Gasteiger partial charge in [0.1, 0.15) is 6.26 Å². The van der Waals surface area contributed by atoms with Crippen LogP contribution in [0, 0.1) is 5.92 Å². The lowest BCUT2D eigenvalue weighted by atomic mass is 10.1. The van der Waals surface area contributed by atoms with Gasteiger partial charge in [-0.3, -0.25) is 0 Å². The Morgan fingerprint density at radius 2 is 2.12 bits per heavy atom. The Morgan fingerprint density at radius 3 is 2.69 bits per heavy atom. The Bertz CT molecular complexity index is 309. The predicted octanol–water partition coefficient (Wildman–Crippen LogP) is 2.26. The van der Waals surface area contributed by atoms with Crippen LogP contribution in [0.3, 0.4) is 0 Å². The zero-order valence-electron chi connectivity index (χ0n) is 10.9. The maximum atomic E-state index is 5.47. The topological polar surface area (TPSA) is 41.3 Å². The number of oxazole rings is 1. The minimum Gasteiger partial charge on any atom is -0.432 e. The van der Waals surface area contributed by atoms with Crippen LogP contribution in [0.25, 0.3) is 0 Å². The Kier molecular flexibility index (Phi) is 4.80. The Labute approximate surface area is 98.0 Å². The van der Waals surface area contributed by atoms with Gasteiger partial charge in [0.2, 0.25) is 0 Å². The molecule has 1 N–H and O–H groups in total. The van der Waals surface area contributed by atoms with E-state index in [1.165, 1.54) is 0 Å². The van der Waals surface area contributed by atoms with Gasteiger partial charge in [0.25, 0.3) is 6.01 Å². The standard InChI is InChI=1S/C12H23N3O/c1-6-13-7-11-8-16-12(14-11)15(5)10(4)9(2)3/h8-10,13H,6-7H2,1-5H3. The van der Waals surface area contributed by atoms with Crippen LogP contribution >= 0.6 is 0 Å². The van der Waals surface area contributed by atoms with Crippen molar-refractivity contribution in [3.8, 4) is 0 Å². The van der Waals surface area contributed by atoms with Crippen molar-refractivity contribution in [1.29, 1.82) is 0 Å². The predicted molar refractivity (Wildman–Crippen MR) is 66.6 cm³/mol. The summed E-state index contributed by atoms with van der Waals surface area (Å²) >= 11 is 0. The summed E-state index contributed by atoms with van der Waals surface area (Å²) in [5.74, 6) is 0.578. The summed E-state index contributed by atoms with van der Waals surface area (Å²) in [5.41, 5.74) is 0.958. The van der Waals surface area contributed by atoms with E-state index in [1.54, 1.807) is 6.26 Å². The van der Waals surface area contributed by atoms with Gasteiger partial charge in [-0.15, -0.1) is 0 Å². The number of hydrogen-bond acceptors (Lipinski definition) is 4. The van der Waals surface area contributed by atoms with Gasteiger partial charge in [-0.1, -0.05) is 20.8 Å². The number of anilines is 1. The number of nitrogens with zero attached hydrogens (tertiary/aromatic N) is 2. The van der Waals surface area contributed by atoms with Gasteiger partial charge in [-0.25, -0.2) is 0 Å². The van der Waals surface area contributed by atoms with Crippen LogP contribution in [0.1, 0.15) is 33.4 Å². The third kappa shape index (κ3) is 3.23. The highest BCUT2D eigenvalue weighted by Crippen LogP contribution is 2.18. The van der Waals surface area contributed by atoms with Gasteiger partial charge in [0.15, 0.2) is 0 Å². The van der Waals surface area contributed by atoms with Gasteiger partial charge in [-0.05, 0) is 19.4 Å². The second-order valence-corrected chi connectivity index (χ2v) is 4.50. The zero-order chi connectivity index (χ0) is 12.1. The summed E-state index contributed by atoms with van der Waals surface area (Å²) in [7, 11) is 2.02. The lowest BCUT2D eigenvalue weighted by Crippen LogP contribution is -2.33. The number of aromatic nitrogens is 1. The summed E-state index contributed by atoms with van der Waals surface area (Å²) in [4.78, 5) is 6.53. The summed E-state index contributed by atoms with van der Waals surface area (Å²) in [6.07, 6.45) is 1.72. The van der Waals surface area contributed by atoms with E-state index in [0.29, 0.717) is 18.0 Å². The fourth-order valence-electron chi connectivity index (χ4n) is 1.41. The first-order valence-corrected chi connectivity index (χ1v) is 5.94. The van der Waals surface area contributed by atoms with E-state index in [9.17, 15) is 0 Å². The maximum absolute atomic E-state index is 5.47. The van der Waals surface area contributed by atoms with Crippen molar-refractivity contribution >= 4 is 6.01 Å². The molecule has 0 saturated heterocycles. The van der Waals surface area contributed by atoms with E-state index in [-0.39, 0.29) is 0 Å². The number of rotatable bonds is 6. The Hall–Kier alpha value is -1.03. The first-order valence-electron chi connectivity index (χ1n) is 5.94. The molecule has 1 unspecified atom stereocenters. The fraction of sp³-hybridized carbons (Fsp3) is 0.750. The first kappa shape index (κ1) is 13.0. The third-order valence-corrected chi connectivity index (χ3v) is 2.97. The minimum atomic E-state index is 0.422. The second-order valence-electron chi connectivity index (χ2n) is 4.50. The van der Waals surface area contributed by atoms with E-state index in [0.717, 1.165) is 18.8 Å². The van der Waals surface area contributed by atoms with Crippen LogP contribution < -0.4 is 10.2 Å². The van der Waals surface area contributed by atoms with Crippen molar-refractivity contribution in [3.63, 3.8) is 0 Å². The normalized spacial score (nSPS) is 13.1. The Balaban J connectivity index is 2.62. The molecule has 16 heavy (non-hydrogen) atoms.